The number of rotatable bonds is 2. The maximum absolute atomic E-state index is 12.5. The summed E-state index contributed by atoms with van der Waals surface area (Å²) in [7, 11) is 1.61. The molecule has 2 aliphatic heterocycles. The average Bonchev–Trinajstić information content (AvgIpc) is 3.02. The number of benzene rings is 1. The van der Waals surface area contributed by atoms with Crippen molar-refractivity contribution >= 4 is 23.2 Å². The van der Waals surface area contributed by atoms with Gasteiger partial charge in [0.25, 0.3) is 11.5 Å². The van der Waals surface area contributed by atoms with Gasteiger partial charge in [0.15, 0.2) is 0 Å². The molecule has 3 heterocycles. The minimum atomic E-state index is -0.403. The number of para-hydroxylation sites is 2. The molecule has 2 aliphatic rings. The molecule has 1 fully saturated rings. The van der Waals surface area contributed by atoms with Crippen molar-refractivity contribution in [3.63, 3.8) is 0 Å². The van der Waals surface area contributed by atoms with E-state index in [1.165, 1.54) is 10.6 Å². The normalized spacial score (nSPS) is 21.3. The molecule has 0 aliphatic carbocycles. The summed E-state index contributed by atoms with van der Waals surface area (Å²) in [5.74, 6) is -0.467. The van der Waals surface area contributed by atoms with Crippen molar-refractivity contribution in [2.75, 3.05) is 16.8 Å². The summed E-state index contributed by atoms with van der Waals surface area (Å²) in [6.07, 6.45) is 2.12. The van der Waals surface area contributed by atoms with E-state index < -0.39 is 5.91 Å². The van der Waals surface area contributed by atoms with Gasteiger partial charge < -0.3 is 20.1 Å². The molecule has 0 spiro atoms. The Labute approximate surface area is 144 Å². The van der Waals surface area contributed by atoms with Crippen LogP contribution in [0.2, 0.25) is 0 Å². The smallest absolute Gasteiger partial charge is 0.263 e. The zero-order valence-electron chi connectivity index (χ0n) is 13.7. The molecule has 7 heteroatoms. The third-order valence-corrected chi connectivity index (χ3v) is 4.78. The van der Waals surface area contributed by atoms with Gasteiger partial charge in [0.05, 0.1) is 11.4 Å². The number of aromatic nitrogens is 1. The van der Waals surface area contributed by atoms with Crippen LogP contribution in [0.15, 0.2) is 47.4 Å². The number of hydrogen-bond donors (Lipinski definition) is 2. The second-order valence-electron chi connectivity index (χ2n) is 6.42. The Bertz CT molecular complexity index is 921. The maximum atomic E-state index is 12.5. The molecule has 7 nitrogen and oxygen atoms in total. The van der Waals surface area contributed by atoms with E-state index in [1.807, 2.05) is 29.2 Å². The summed E-state index contributed by atoms with van der Waals surface area (Å²) in [4.78, 5) is 38.9. The molecule has 128 valence electrons. The van der Waals surface area contributed by atoms with Crippen LogP contribution in [0.4, 0.5) is 11.4 Å². The fourth-order valence-corrected chi connectivity index (χ4v) is 3.53. The summed E-state index contributed by atoms with van der Waals surface area (Å²) in [6, 6.07) is 10.3. The van der Waals surface area contributed by atoms with Crippen molar-refractivity contribution in [2.24, 2.45) is 7.05 Å². The topological polar surface area (TPSA) is 83.4 Å². The molecular formula is C18H18N4O3. The van der Waals surface area contributed by atoms with Crippen molar-refractivity contribution in [2.45, 2.75) is 18.5 Å². The van der Waals surface area contributed by atoms with Crippen LogP contribution >= 0.6 is 0 Å². The van der Waals surface area contributed by atoms with Gasteiger partial charge in [0, 0.05) is 25.8 Å². The minimum absolute atomic E-state index is 0.0638. The average molecular weight is 338 g/mol. The van der Waals surface area contributed by atoms with Crippen molar-refractivity contribution in [3.05, 3.63) is 58.5 Å². The molecule has 1 saturated heterocycles. The van der Waals surface area contributed by atoms with Crippen LogP contribution in [-0.4, -0.2) is 35.0 Å². The number of fused-ring (bicyclic) bond motifs is 3. The lowest BCUT2D eigenvalue weighted by Crippen LogP contribution is -2.44. The van der Waals surface area contributed by atoms with Crippen molar-refractivity contribution in [3.8, 4) is 0 Å². The van der Waals surface area contributed by atoms with Crippen LogP contribution in [0.25, 0.3) is 0 Å². The molecule has 0 radical (unpaired) electrons. The van der Waals surface area contributed by atoms with Gasteiger partial charge in [-0.25, -0.2) is 0 Å². The molecule has 0 unspecified atom stereocenters. The highest BCUT2D eigenvalue weighted by Gasteiger charge is 2.41. The standard InChI is InChI=1S/C18H18N4O3/c1-21-8-4-5-12(18(21)25)16(23)19-11-9-15-17(24)20-13-6-2-3-7-14(13)22(15)10-11/h2-8,11,15H,9-10H2,1H3,(H,19,23)(H,20,24)/t11-,15+/m0/s1. The monoisotopic (exact) mass is 338 g/mol. The van der Waals surface area contributed by atoms with E-state index in [9.17, 15) is 14.4 Å². The SMILES string of the molecule is Cn1cccc(C(=O)N[C@H]2C[C@@H]3C(=O)Nc4ccccc4N3C2)c1=O. The number of pyridine rings is 1. The highest BCUT2D eigenvalue weighted by Crippen LogP contribution is 2.36. The van der Waals surface area contributed by atoms with E-state index in [0.717, 1.165) is 11.4 Å². The van der Waals surface area contributed by atoms with Gasteiger partial charge in [-0.3, -0.25) is 14.4 Å². The summed E-state index contributed by atoms with van der Waals surface area (Å²) in [5.41, 5.74) is 1.52. The number of carbonyl (C=O) groups excluding carboxylic acids is 2. The van der Waals surface area contributed by atoms with Gasteiger partial charge in [-0.2, -0.15) is 0 Å². The largest absolute Gasteiger partial charge is 0.356 e. The third-order valence-electron chi connectivity index (χ3n) is 4.78. The predicted molar refractivity (Wildman–Crippen MR) is 93.8 cm³/mol. The van der Waals surface area contributed by atoms with Crippen molar-refractivity contribution in [1.29, 1.82) is 0 Å². The number of nitrogens with one attached hydrogen (secondary N) is 2. The first-order chi connectivity index (χ1) is 12.0. The summed E-state index contributed by atoms with van der Waals surface area (Å²) >= 11 is 0. The van der Waals surface area contributed by atoms with Gasteiger partial charge >= 0.3 is 0 Å². The fourth-order valence-electron chi connectivity index (χ4n) is 3.53. The first-order valence-corrected chi connectivity index (χ1v) is 8.17. The maximum Gasteiger partial charge on any atom is 0.263 e. The number of aryl methyl sites for hydroxylation is 1. The Hall–Kier alpha value is -3.09. The minimum Gasteiger partial charge on any atom is -0.356 e. The molecular weight excluding hydrogens is 320 g/mol. The molecule has 4 rings (SSSR count). The van der Waals surface area contributed by atoms with E-state index in [4.69, 9.17) is 0 Å². The molecule has 2 aromatic rings. The number of amides is 2. The molecule has 25 heavy (non-hydrogen) atoms. The Balaban J connectivity index is 1.55. The summed E-state index contributed by atoms with van der Waals surface area (Å²) < 4.78 is 1.37. The molecule has 1 aromatic carbocycles. The highest BCUT2D eigenvalue weighted by atomic mass is 16.2. The van der Waals surface area contributed by atoms with E-state index in [1.54, 1.807) is 19.3 Å². The molecule has 1 aromatic heterocycles. The Morgan fingerprint density at radius 3 is 2.84 bits per heavy atom. The zero-order valence-corrected chi connectivity index (χ0v) is 13.7. The van der Waals surface area contributed by atoms with E-state index >= 15 is 0 Å². The fraction of sp³-hybridized carbons (Fsp3) is 0.278. The molecule has 2 atom stereocenters. The van der Waals surface area contributed by atoms with Crippen molar-refractivity contribution in [1.82, 2.24) is 9.88 Å². The quantitative estimate of drug-likeness (QED) is 0.845. The first kappa shape index (κ1) is 15.4. The van der Waals surface area contributed by atoms with Crippen LogP contribution in [0, 0.1) is 0 Å². The summed E-state index contributed by atoms with van der Waals surface area (Å²) in [5, 5.41) is 5.80. The van der Waals surface area contributed by atoms with Crippen molar-refractivity contribution < 1.29 is 9.59 Å². The number of nitrogens with zero attached hydrogens (tertiary/aromatic N) is 2. The Morgan fingerprint density at radius 2 is 2.00 bits per heavy atom. The van der Waals surface area contributed by atoms with E-state index in [-0.39, 0.29) is 29.1 Å². The van der Waals surface area contributed by atoms with E-state index in [0.29, 0.717) is 13.0 Å². The lowest BCUT2D eigenvalue weighted by Gasteiger charge is -2.32. The van der Waals surface area contributed by atoms with Gasteiger partial charge in [0.1, 0.15) is 11.6 Å². The van der Waals surface area contributed by atoms with Crippen LogP contribution in [0.1, 0.15) is 16.8 Å². The lowest BCUT2D eigenvalue weighted by atomic mass is 10.1. The highest BCUT2D eigenvalue weighted by molar-refractivity contribution is 6.04. The lowest BCUT2D eigenvalue weighted by molar-refractivity contribution is -0.117. The Kier molecular flexibility index (Phi) is 3.56. The number of hydrogen-bond acceptors (Lipinski definition) is 4. The molecule has 0 bridgehead atoms. The van der Waals surface area contributed by atoms with Crippen LogP contribution in [0.5, 0.6) is 0 Å². The van der Waals surface area contributed by atoms with Crippen LogP contribution in [0.3, 0.4) is 0 Å². The number of carbonyl (C=O) groups is 2. The third kappa shape index (κ3) is 2.57. The second-order valence-corrected chi connectivity index (χ2v) is 6.42. The van der Waals surface area contributed by atoms with E-state index in [2.05, 4.69) is 10.6 Å². The molecule has 0 saturated carbocycles. The Morgan fingerprint density at radius 1 is 1.20 bits per heavy atom. The zero-order chi connectivity index (χ0) is 17.6. The van der Waals surface area contributed by atoms with Gasteiger partial charge in [-0.05, 0) is 30.7 Å². The van der Waals surface area contributed by atoms with Gasteiger partial charge in [-0.1, -0.05) is 12.1 Å². The van der Waals surface area contributed by atoms with Crippen LogP contribution < -0.4 is 21.1 Å². The van der Waals surface area contributed by atoms with Gasteiger partial charge in [-0.15, -0.1) is 0 Å². The summed E-state index contributed by atoms with van der Waals surface area (Å²) in [6.45, 7) is 0.536. The second kappa shape index (κ2) is 5.77. The number of anilines is 2. The first-order valence-electron chi connectivity index (χ1n) is 8.17. The molecule has 2 N–H and O–H groups in total. The van der Waals surface area contributed by atoms with Crippen LogP contribution in [-0.2, 0) is 11.8 Å². The predicted octanol–water partition coefficient (Wildman–Crippen LogP) is 0.715. The molecule has 2 amide bonds. The van der Waals surface area contributed by atoms with Gasteiger partial charge in [0.2, 0.25) is 5.91 Å².